The van der Waals surface area contributed by atoms with E-state index < -0.39 is 0 Å². The lowest BCUT2D eigenvalue weighted by Crippen LogP contribution is -2.26. The van der Waals surface area contributed by atoms with Crippen LogP contribution in [-0.4, -0.2) is 25.5 Å². The van der Waals surface area contributed by atoms with Gasteiger partial charge in [0.1, 0.15) is 0 Å². The van der Waals surface area contributed by atoms with Crippen molar-refractivity contribution in [2.24, 2.45) is 0 Å². The van der Waals surface area contributed by atoms with Crippen LogP contribution in [0.5, 0.6) is 0 Å². The fourth-order valence-electron chi connectivity index (χ4n) is 2.25. The van der Waals surface area contributed by atoms with Gasteiger partial charge in [0.2, 0.25) is 0 Å². The average molecular weight is 323 g/mol. The van der Waals surface area contributed by atoms with Gasteiger partial charge in [-0.1, -0.05) is 60.7 Å². The summed E-state index contributed by atoms with van der Waals surface area (Å²) in [7, 11) is 1.36. The SMILES string of the molecule is COC(=O)CCCNC(=O)/C(=C/c1ccccc1)c1ccccc1. The second-order valence-electron chi connectivity index (χ2n) is 5.27. The molecular weight excluding hydrogens is 302 g/mol. The highest BCUT2D eigenvalue weighted by atomic mass is 16.5. The van der Waals surface area contributed by atoms with E-state index in [4.69, 9.17) is 0 Å². The Labute approximate surface area is 142 Å². The standard InChI is InChI=1S/C20H21NO3/c1-24-19(22)13-8-14-21-20(23)18(17-11-6-3-7-12-17)15-16-9-4-2-5-10-16/h2-7,9-12,15H,8,13-14H2,1H3,(H,21,23)/b18-15+. The van der Waals surface area contributed by atoms with E-state index in [-0.39, 0.29) is 11.9 Å². The second kappa shape index (κ2) is 9.30. The topological polar surface area (TPSA) is 55.4 Å². The van der Waals surface area contributed by atoms with Crippen molar-refractivity contribution in [3.05, 3.63) is 71.8 Å². The van der Waals surface area contributed by atoms with Gasteiger partial charge in [-0.2, -0.15) is 0 Å². The molecule has 0 spiro atoms. The zero-order valence-corrected chi connectivity index (χ0v) is 13.7. The number of hydrogen-bond acceptors (Lipinski definition) is 3. The molecule has 0 saturated carbocycles. The predicted molar refractivity (Wildman–Crippen MR) is 95.0 cm³/mol. The van der Waals surface area contributed by atoms with Gasteiger partial charge in [0.05, 0.1) is 7.11 Å². The minimum Gasteiger partial charge on any atom is -0.469 e. The highest BCUT2D eigenvalue weighted by molar-refractivity contribution is 6.24. The number of ether oxygens (including phenoxy) is 1. The van der Waals surface area contributed by atoms with E-state index in [0.717, 1.165) is 11.1 Å². The largest absolute Gasteiger partial charge is 0.469 e. The molecule has 0 aliphatic heterocycles. The van der Waals surface area contributed by atoms with Crippen LogP contribution in [0.3, 0.4) is 0 Å². The molecule has 124 valence electrons. The van der Waals surface area contributed by atoms with Crippen LogP contribution in [-0.2, 0) is 14.3 Å². The van der Waals surface area contributed by atoms with Crippen LogP contribution in [0.4, 0.5) is 0 Å². The number of rotatable bonds is 7. The van der Waals surface area contributed by atoms with Gasteiger partial charge in [0, 0.05) is 18.5 Å². The molecule has 0 atom stereocenters. The third kappa shape index (κ3) is 5.39. The summed E-state index contributed by atoms with van der Waals surface area (Å²) in [6.07, 6.45) is 2.71. The Balaban J connectivity index is 2.10. The fraction of sp³-hybridized carbons (Fsp3) is 0.200. The van der Waals surface area contributed by atoms with Crippen molar-refractivity contribution in [1.29, 1.82) is 0 Å². The molecule has 0 aromatic heterocycles. The number of esters is 1. The molecule has 0 bridgehead atoms. The molecule has 0 fully saturated rings. The first kappa shape index (κ1) is 17.5. The van der Waals surface area contributed by atoms with Crippen molar-refractivity contribution in [3.8, 4) is 0 Å². The third-order valence-electron chi connectivity index (χ3n) is 3.51. The lowest BCUT2D eigenvalue weighted by molar-refractivity contribution is -0.140. The van der Waals surface area contributed by atoms with Crippen molar-refractivity contribution in [1.82, 2.24) is 5.32 Å². The summed E-state index contributed by atoms with van der Waals surface area (Å²) in [5, 5.41) is 2.87. The van der Waals surface area contributed by atoms with E-state index in [0.29, 0.717) is 25.0 Å². The van der Waals surface area contributed by atoms with Crippen LogP contribution in [0, 0.1) is 0 Å². The first-order valence-corrected chi connectivity index (χ1v) is 7.88. The monoisotopic (exact) mass is 323 g/mol. The lowest BCUT2D eigenvalue weighted by Gasteiger charge is -2.09. The highest BCUT2D eigenvalue weighted by Gasteiger charge is 2.11. The minimum absolute atomic E-state index is 0.157. The number of amides is 1. The van der Waals surface area contributed by atoms with Crippen LogP contribution < -0.4 is 5.32 Å². The van der Waals surface area contributed by atoms with Gasteiger partial charge in [-0.05, 0) is 23.6 Å². The number of benzene rings is 2. The molecule has 0 saturated heterocycles. The molecule has 0 aliphatic rings. The van der Waals surface area contributed by atoms with Gasteiger partial charge in [-0.3, -0.25) is 9.59 Å². The Kier molecular flexibility index (Phi) is 6.77. The summed E-state index contributed by atoms with van der Waals surface area (Å²) in [6.45, 7) is 0.424. The van der Waals surface area contributed by atoms with Gasteiger partial charge in [-0.25, -0.2) is 0 Å². The molecule has 2 aromatic carbocycles. The molecule has 4 nitrogen and oxygen atoms in total. The summed E-state index contributed by atoms with van der Waals surface area (Å²) >= 11 is 0. The Bertz CT molecular complexity index is 693. The molecular formula is C20H21NO3. The Morgan fingerprint density at radius 2 is 1.62 bits per heavy atom. The molecule has 0 unspecified atom stereocenters. The molecule has 1 N–H and O–H groups in total. The molecule has 1 amide bonds. The molecule has 24 heavy (non-hydrogen) atoms. The summed E-state index contributed by atoms with van der Waals surface area (Å²) in [6, 6.07) is 19.2. The first-order chi connectivity index (χ1) is 11.7. The Hall–Kier alpha value is -2.88. The van der Waals surface area contributed by atoms with E-state index in [9.17, 15) is 9.59 Å². The predicted octanol–water partition coefficient (Wildman–Crippen LogP) is 3.30. The number of methoxy groups -OCH3 is 1. The zero-order chi connectivity index (χ0) is 17.2. The van der Waals surface area contributed by atoms with Crippen LogP contribution in [0.25, 0.3) is 11.6 Å². The number of carbonyl (C=O) groups is 2. The van der Waals surface area contributed by atoms with Crippen molar-refractivity contribution >= 4 is 23.5 Å². The van der Waals surface area contributed by atoms with Crippen LogP contribution in [0.2, 0.25) is 0 Å². The van der Waals surface area contributed by atoms with Gasteiger partial charge in [0.15, 0.2) is 0 Å². The quantitative estimate of drug-likeness (QED) is 0.368. The fourth-order valence-corrected chi connectivity index (χ4v) is 2.25. The summed E-state index contributed by atoms with van der Waals surface area (Å²) in [4.78, 5) is 23.7. The van der Waals surface area contributed by atoms with Crippen LogP contribution in [0.15, 0.2) is 60.7 Å². The third-order valence-corrected chi connectivity index (χ3v) is 3.51. The smallest absolute Gasteiger partial charge is 0.305 e. The highest BCUT2D eigenvalue weighted by Crippen LogP contribution is 2.18. The van der Waals surface area contributed by atoms with Crippen LogP contribution >= 0.6 is 0 Å². The van der Waals surface area contributed by atoms with E-state index >= 15 is 0 Å². The van der Waals surface area contributed by atoms with Crippen molar-refractivity contribution in [2.45, 2.75) is 12.8 Å². The van der Waals surface area contributed by atoms with Gasteiger partial charge in [0.25, 0.3) is 5.91 Å². The van der Waals surface area contributed by atoms with Gasteiger partial charge < -0.3 is 10.1 Å². The molecule has 0 radical (unpaired) electrons. The van der Waals surface area contributed by atoms with Crippen LogP contribution in [0.1, 0.15) is 24.0 Å². The van der Waals surface area contributed by atoms with Crippen molar-refractivity contribution in [2.75, 3.05) is 13.7 Å². The molecule has 4 heteroatoms. The van der Waals surface area contributed by atoms with Gasteiger partial charge >= 0.3 is 5.97 Å². The maximum absolute atomic E-state index is 12.6. The summed E-state index contributed by atoms with van der Waals surface area (Å²) in [5.74, 6) is -0.428. The van der Waals surface area contributed by atoms with E-state index in [1.807, 2.05) is 66.7 Å². The maximum Gasteiger partial charge on any atom is 0.305 e. The Morgan fingerprint density at radius 3 is 2.25 bits per heavy atom. The van der Waals surface area contributed by atoms with E-state index in [1.54, 1.807) is 0 Å². The summed E-state index contributed by atoms with van der Waals surface area (Å²) < 4.78 is 4.59. The number of carbonyl (C=O) groups excluding carboxylic acids is 2. The van der Waals surface area contributed by atoms with Crippen molar-refractivity contribution in [3.63, 3.8) is 0 Å². The lowest BCUT2D eigenvalue weighted by atomic mass is 10.0. The molecule has 0 aliphatic carbocycles. The number of hydrogen-bond donors (Lipinski definition) is 1. The minimum atomic E-state index is -0.271. The first-order valence-electron chi connectivity index (χ1n) is 7.88. The maximum atomic E-state index is 12.6. The second-order valence-corrected chi connectivity index (χ2v) is 5.27. The van der Waals surface area contributed by atoms with Gasteiger partial charge in [-0.15, -0.1) is 0 Å². The Morgan fingerprint density at radius 1 is 1.00 bits per heavy atom. The average Bonchev–Trinajstić information content (AvgIpc) is 2.64. The molecule has 2 aromatic rings. The van der Waals surface area contributed by atoms with E-state index in [1.165, 1.54) is 7.11 Å². The number of nitrogens with one attached hydrogen (secondary N) is 1. The summed E-state index contributed by atoms with van der Waals surface area (Å²) in [5.41, 5.74) is 2.41. The normalized spacial score (nSPS) is 11.0. The zero-order valence-electron chi connectivity index (χ0n) is 13.7. The molecule has 0 heterocycles. The molecule has 2 rings (SSSR count). The van der Waals surface area contributed by atoms with Crippen molar-refractivity contribution < 1.29 is 14.3 Å². The van der Waals surface area contributed by atoms with E-state index in [2.05, 4.69) is 10.1 Å².